The van der Waals surface area contributed by atoms with Crippen LogP contribution in [-0.4, -0.2) is 38.7 Å². The highest BCUT2D eigenvalue weighted by Gasteiger charge is 2.19. The summed E-state index contributed by atoms with van der Waals surface area (Å²) in [6, 6.07) is 1.53. The summed E-state index contributed by atoms with van der Waals surface area (Å²) in [7, 11) is 1.64. The molecular weight excluding hydrogens is 234 g/mol. The van der Waals surface area contributed by atoms with E-state index in [9.17, 15) is 4.79 Å². The average Bonchev–Trinajstić information content (AvgIpc) is 2.68. The first kappa shape index (κ1) is 12.5. The Morgan fingerprint density at radius 2 is 2.28 bits per heavy atom. The number of pyridine rings is 1. The van der Waals surface area contributed by atoms with Gasteiger partial charge in [0.1, 0.15) is 5.82 Å². The maximum atomic E-state index is 10.8. The van der Waals surface area contributed by atoms with Crippen molar-refractivity contribution in [3.05, 3.63) is 23.7 Å². The topological polar surface area (TPSA) is 88.1 Å². The van der Waals surface area contributed by atoms with Crippen molar-refractivity contribution >= 4 is 17.1 Å². The molecule has 0 aromatic carbocycles. The molecule has 2 heterocycles. The number of fused-ring (bicyclic) bond motifs is 1. The van der Waals surface area contributed by atoms with E-state index in [1.807, 2.05) is 13.8 Å². The molecule has 0 aliphatic carbocycles. The standard InChI is InChI=1S/C12H15N3O3/c1-12(2,18-3)5-9-14-8-4-7(11(16)17)6-13-10(8)15-9/h4,6H,5H2,1-3H3,(H,16,17)(H,13,14,15). The summed E-state index contributed by atoms with van der Waals surface area (Å²) in [4.78, 5) is 22.2. The summed E-state index contributed by atoms with van der Waals surface area (Å²) in [5.74, 6) is -0.273. The number of aromatic nitrogens is 3. The third-order valence-corrected chi connectivity index (χ3v) is 2.78. The third-order valence-electron chi connectivity index (χ3n) is 2.78. The van der Waals surface area contributed by atoms with Gasteiger partial charge in [-0.3, -0.25) is 0 Å². The molecule has 0 saturated carbocycles. The number of nitrogens with one attached hydrogen (secondary N) is 1. The molecule has 2 N–H and O–H groups in total. The lowest BCUT2D eigenvalue weighted by Gasteiger charge is -2.20. The van der Waals surface area contributed by atoms with Crippen molar-refractivity contribution in [3.63, 3.8) is 0 Å². The predicted molar refractivity (Wildman–Crippen MR) is 65.6 cm³/mol. The Labute approximate surface area is 104 Å². The van der Waals surface area contributed by atoms with Crippen LogP contribution in [0.5, 0.6) is 0 Å². The van der Waals surface area contributed by atoms with E-state index in [1.165, 1.54) is 12.3 Å². The van der Waals surface area contributed by atoms with Crippen LogP contribution in [0.15, 0.2) is 12.3 Å². The SMILES string of the molecule is COC(C)(C)Cc1nc2ncc(C(=O)O)cc2[nH]1. The van der Waals surface area contributed by atoms with E-state index in [2.05, 4.69) is 15.0 Å². The molecule has 96 valence electrons. The molecule has 2 aromatic heterocycles. The fourth-order valence-electron chi connectivity index (χ4n) is 1.63. The molecule has 18 heavy (non-hydrogen) atoms. The van der Waals surface area contributed by atoms with Gasteiger partial charge in [-0.1, -0.05) is 0 Å². The van der Waals surface area contributed by atoms with Gasteiger partial charge >= 0.3 is 5.97 Å². The Morgan fingerprint density at radius 1 is 1.56 bits per heavy atom. The van der Waals surface area contributed by atoms with E-state index in [4.69, 9.17) is 9.84 Å². The van der Waals surface area contributed by atoms with Crippen LogP contribution >= 0.6 is 0 Å². The van der Waals surface area contributed by atoms with Gasteiger partial charge in [-0.15, -0.1) is 0 Å². The van der Waals surface area contributed by atoms with E-state index in [0.29, 0.717) is 17.6 Å². The smallest absolute Gasteiger partial charge is 0.337 e. The molecule has 0 unspecified atom stereocenters. The second kappa shape index (κ2) is 4.38. The Hall–Kier alpha value is -1.95. The molecule has 0 fully saturated rings. The largest absolute Gasteiger partial charge is 0.478 e. The number of aromatic amines is 1. The van der Waals surface area contributed by atoms with E-state index < -0.39 is 5.97 Å². The number of imidazole rings is 1. The van der Waals surface area contributed by atoms with Crippen LogP contribution in [0.25, 0.3) is 11.2 Å². The predicted octanol–water partition coefficient (Wildman–Crippen LogP) is 1.62. The van der Waals surface area contributed by atoms with Crippen LogP contribution in [0, 0.1) is 0 Å². The van der Waals surface area contributed by atoms with Gasteiger partial charge in [0.25, 0.3) is 0 Å². The zero-order valence-corrected chi connectivity index (χ0v) is 10.5. The summed E-state index contributed by atoms with van der Waals surface area (Å²) >= 11 is 0. The zero-order chi connectivity index (χ0) is 13.3. The second-order valence-electron chi connectivity index (χ2n) is 4.72. The highest BCUT2D eigenvalue weighted by atomic mass is 16.5. The number of rotatable bonds is 4. The molecule has 0 atom stereocenters. The normalized spacial score (nSPS) is 11.9. The minimum atomic E-state index is -1.00. The number of H-pyrrole nitrogens is 1. The number of hydrogen-bond acceptors (Lipinski definition) is 4. The van der Waals surface area contributed by atoms with E-state index in [0.717, 1.165) is 5.82 Å². The van der Waals surface area contributed by atoms with Crippen molar-refractivity contribution in [3.8, 4) is 0 Å². The minimum absolute atomic E-state index is 0.142. The Kier molecular flexibility index (Phi) is 3.04. The Morgan fingerprint density at radius 3 is 2.89 bits per heavy atom. The lowest BCUT2D eigenvalue weighted by molar-refractivity contribution is 0.0218. The Bertz CT molecular complexity index is 589. The number of carboxylic acids is 1. The molecule has 2 aromatic rings. The van der Waals surface area contributed by atoms with Crippen molar-refractivity contribution in [2.45, 2.75) is 25.9 Å². The van der Waals surface area contributed by atoms with Crippen LogP contribution in [0.1, 0.15) is 30.0 Å². The number of ether oxygens (including phenoxy) is 1. The van der Waals surface area contributed by atoms with Gasteiger partial charge in [0.05, 0.1) is 16.7 Å². The summed E-state index contributed by atoms with van der Waals surface area (Å²) in [6.07, 6.45) is 1.90. The average molecular weight is 249 g/mol. The van der Waals surface area contributed by atoms with Gasteiger partial charge < -0.3 is 14.8 Å². The fraction of sp³-hybridized carbons (Fsp3) is 0.417. The summed E-state index contributed by atoms with van der Waals surface area (Å²) in [6.45, 7) is 3.91. The molecule has 0 saturated heterocycles. The summed E-state index contributed by atoms with van der Waals surface area (Å²) < 4.78 is 5.33. The maximum absolute atomic E-state index is 10.8. The van der Waals surface area contributed by atoms with Gasteiger partial charge in [-0.25, -0.2) is 14.8 Å². The zero-order valence-electron chi connectivity index (χ0n) is 10.5. The van der Waals surface area contributed by atoms with E-state index in [-0.39, 0.29) is 11.2 Å². The molecule has 0 bridgehead atoms. The molecule has 0 aliphatic heterocycles. The molecule has 0 spiro atoms. The van der Waals surface area contributed by atoms with Crippen LogP contribution in [-0.2, 0) is 11.2 Å². The van der Waals surface area contributed by atoms with Gasteiger partial charge in [0.15, 0.2) is 5.65 Å². The Balaban J connectivity index is 2.35. The number of carbonyl (C=O) groups is 1. The quantitative estimate of drug-likeness (QED) is 0.859. The van der Waals surface area contributed by atoms with Crippen molar-refractivity contribution in [2.75, 3.05) is 7.11 Å². The van der Waals surface area contributed by atoms with Crippen LogP contribution < -0.4 is 0 Å². The molecule has 0 aliphatic rings. The molecule has 6 heteroatoms. The highest BCUT2D eigenvalue weighted by molar-refractivity contribution is 5.90. The van der Waals surface area contributed by atoms with E-state index >= 15 is 0 Å². The van der Waals surface area contributed by atoms with Gasteiger partial charge in [-0.05, 0) is 19.9 Å². The third kappa shape index (κ3) is 2.48. The minimum Gasteiger partial charge on any atom is -0.478 e. The molecule has 0 radical (unpaired) electrons. The van der Waals surface area contributed by atoms with Gasteiger partial charge in [0, 0.05) is 19.7 Å². The summed E-state index contributed by atoms with van der Waals surface area (Å²) in [5, 5.41) is 8.88. The summed E-state index contributed by atoms with van der Waals surface area (Å²) in [5.41, 5.74) is 0.950. The van der Waals surface area contributed by atoms with Crippen LogP contribution in [0.4, 0.5) is 0 Å². The first-order valence-electron chi connectivity index (χ1n) is 5.54. The van der Waals surface area contributed by atoms with Crippen molar-refractivity contribution in [2.24, 2.45) is 0 Å². The van der Waals surface area contributed by atoms with Crippen LogP contribution in [0.3, 0.4) is 0 Å². The molecule has 0 amide bonds. The number of carboxylic acid groups (broad SMARTS) is 1. The maximum Gasteiger partial charge on any atom is 0.337 e. The first-order valence-corrected chi connectivity index (χ1v) is 5.54. The molecular formula is C12H15N3O3. The first-order chi connectivity index (χ1) is 8.41. The lowest BCUT2D eigenvalue weighted by atomic mass is 10.1. The fourth-order valence-corrected chi connectivity index (χ4v) is 1.63. The van der Waals surface area contributed by atoms with Gasteiger partial charge in [-0.2, -0.15) is 0 Å². The van der Waals surface area contributed by atoms with Crippen molar-refractivity contribution < 1.29 is 14.6 Å². The second-order valence-corrected chi connectivity index (χ2v) is 4.72. The molecule has 2 rings (SSSR count). The number of hydrogen-bond donors (Lipinski definition) is 2. The van der Waals surface area contributed by atoms with Crippen molar-refractivity contribution in [1.82, 2.24) is 15.0 Å². The lowest BCUT2D eigenvalue weighted by Crippen LogP contribution is -2.26. The number of aromatic carboxylic acids is 1. The van der Waals surface area contributed by atoms with E-state index in [1.54, 1.807) is 7.11 Å². The number of methoxy groups -OCH3 is 1. The van der Waals surface area contributed by atoms with Crippen molar-refractivity contribution in [1.29, 1.82) is 0 Å². The molecule has 6 nitrogen and oxygen atoms in total. The highest BCUT2D eigenvalue weighted by Crippen LogP contribution is 2.17. The van der Waals surface area contributed by atoms with Crippen LogP contribution in [0.2, 0.25) is 0 Å². The monoisotopic (exact) mass is 249 g/mol. The number of nitrogens with zero attached hydrogens (tertiary/aromatic N) is 2. The van der Waals surface area contributed by atoms with Gasteiger partial charge in [0.2, 0.25) is 0 Å².